The number of benzene rings is 2. The highest BCUT2D eigenvalue weighted by Crippen LogP contribution is 2.21. The fourth-order valence-corrected chi connectivity index (χ4v) is 2.49. The Morgan fingerprint density at radius 3 is 2.42 bits per heavy atom. The molecule has 1 atom stereocenters. The molecule has 0 fully saturated rings. The summed E-state index contributed by atoms with van der Waals surface area (Å²) in [7, 11) is 0. The van der Waals surface area contributed by atoms with Gasteiger partial charge in [-0.25, -0.2) is 0 Å². The number of carbonyl (C=O) groups is 1. The minimum Gasteiger partial charge on any atom is -0.494 e. The Hall–Kier alpha value is -2.01. The van der Waals surface area contributed by atoms with Crippen LogP contribution in [0.3, 0.4) is 0 Å². The molecule has 0 heterocycles. The highest BCUT2D eigenvalue weighted by atomic mass is 79.9. The van der Waals surface area contributed by atoms with Crippen molar-refractivity contribution in [2.75, 3.05) is 13.2 Å². The van der Waals surface area contributed by atoms with Crippen LogP contribution in [0.2, 0.25) is 0 Å². The van der Waals surface area contributed by atoms with E-state index < -0.39 is 0 Å². The SMILES string of the molecule is CCOc1ccc([C@@H](C)NC(=O)COc2ccc(Br)c(C)c2)cc1. The molecule has 0 saturated heterocycles. The van der Waals surface area contributed by atoms with Crippen molar-refractivity contribution in [3.63, 3.8) is 0 Å². The highest BCUT2D eigenvalue weighted by molar-refractivity contribution is 9.10. The Bertz CT molecular complexity index is 686. The minimum absolute atomic E-state index is 0.0115. The van der Waals surface area contributed by atoms with E-state index in [9.17, 15) is 4.79 Å². The fourth-order valence-electron chi connectivity index (χ4n) is 2.24. The zero-order valence-electron chi connectivity index (χ0n) is 14.1. The summed E-state index contributed by atoms with van der Waals surface area (Å²) in [6.07, 6.45) is 0. The molecule has 5 heteroatoms. The predicted molar refractivity (Wildman–Crippen MR) is 98.5 cm³/mol. The molecular weight excluding hydrogens is 370 g/mol. The van der Waals surface area contributed by atoms with Crippen molar-refractivity contribution in [2.45, 2.75) is 26.8 Å². The second-order valence-corrected chi connectivity index (χ2v) is 6.35. The Labute approximate surface area is 151 Å². The van der Waals surface area contributed by atoms with Gasteiger partial charge in [0.25, 0.3) is 5.91 Å². The van der Waals surface area contributed by atoms with Crippen LogP contribution in [0.1, 0.15) is 31.0 Å². The number of rotatable bonds is 7. The van der Waals surface area contributed by atoms with Gasteiger partial charge in [-0.1, -0.05) is 28.1 Å². The smallest absolute Gasteiger partial charge is 0.258 e. The number of aryl methyl sites for hydroxylation is 1. The van der Waals surface area contributed by atoms with Crippen LogP contribution in [0.15, 0.2) is 46.9 Å². The molecule has 24 heavy (non-hydrogen) atoms. The van der Waals surface area contributed by atoms with Crippen LogP contribution >= 0.6 is 15.9 Å². The predicted octanol–water partition coefficient (Wildman–Crippen LogP) is 4.41. The molecule has 128 valence electrons. The normalized spacial score (nSPS) is 11.7. The van der Waals surface area contributed by atoms with E-state index in [1.807, 2.05) is 63.2 Å². The van der Waals surface area contributed by atoms with Gasteiger partial charge in [0.1, 0.15) is 11.5 Å². The second kappa shape index (κ2) is 8.73. The van der Waals surface area contributed by atoms with Gasteiger partial charge >= 0.3 is 0 Å². The Morgan fingerprint density at radius 1 is 1.12 bits per heavy atom. The van der Waals surface area contributed by atoms with Crippen LogP contribution in [0.25, 0.3) is 0 Å². The Kier molecular flexibility index (Phi) is 6.67. The number of hydrogen-bond donors (Lipinski definition) is 1. The summed E-state index contributed by atoms with van der Waals surface area (Å²) in [5.74, 6) is 1.35. The van der Waals surface area contributed by atoms with Crippen molar-refractivity contribution in [1.29, 1.82) is 0 Å². The molecule has 0 spiro atoms. The lowest BCUT2D eigenvalue weighted by Gasteiger charge is -2.15. The van der Waals surface area contributed by atoms with Gasteiger partial charge in [0.05, 0.1) is 12.6 Å². The number of halogens is 1. The summed E-state index contributed by atoms with van der Waals surface area (Å²) in [6, 6.07) is 13.3. The quantitative estimate of drug-likeness (QED) is 0.759. The van der Waals surface area contributed by atoms with E-state index in [2.05, 4.69) is 21.2 Å². The molecule has 0 radical (unpaired) electrons. The van der Waals surface area contributed by atoms with E-state index in [0.29, 0.717) is 12.4 Å². The maximum atomic E-state index is 12.1. The number of ether oxygens (including phenoxy) is 2. The van der Waals surface area contributed by atoms with Crippen molar-refractivity contribution >= 4 is 21.8 Å². The molecule has 0 aliphatic carbocycles. The molecule has 0 aliphatic heterocycles. The van der Waals surface area contributed by atoms with Crippen molar-refractivity contribution in [3.8, 4) is 11.5 Å². The van der Waals surface area contributed by atoms with Crippen LogP contribution in [0, 0.1) is 6.92 Å². The summed E-state index contributed by atoms with van der Waals surface area (Å²) in [5, 5.41) is 2.93. The topological polar surface area (TPSA) is 47.6 Å². The number of hydrogen-bond acceptors (Lipinski definition) is 3. The maximum absolute atomic E-state index is 12.1. The van der Waals surface area contributed by atoms with E-state index in [4.69, 9.17) is 9.47 Å². The molecule has 0 aliphatic rings. The Balaban J connectivity index is 1.85. The van der Waals surface area contributed by atoms with Crippen LogP contribution in [-0.2, 0) is 4.79 Å². The summed E-state index contributed by atoms with van der Waals surface area (Å²) < 4.78 is 12.0. The minimum atomic E-state index is -0.156. The average Bonchev–Trinajstić information content (AvgIpc) is 2.57. The maximum Gasteiger partial charge on any atom is 0.258 e. The first-order valence-corrected chi connectivity index (χ1v) is 8.70. The molecule has 4 nitrogen and oxygen atoms in total. The summed E-state index contributed by atoms with van der Waals surface area (Å²) >= 11 is 3.44. The van der Waals surface area contributed by atoms with Crippen molar-refractivity contribution in [3.05, 3.63) is 58.1 Å². The van der Waals surface area contributed by atoms with E-state index >= 15 is 0 Å². The summed E-state index contributed by atoms with van der Waals surface area (Å²) in [4.78, 5) is 12.1. The van der Waals surface area contributed by atoms with Gasteiger partial charge in [-0.3, -0.25) is 4.79 Å². The zero-order valence-corrected chi connectivity index (χ0v) is 15.7. The van der Waals surface area contributed by atoms with Crippen LogP contribution in [0.5, 0.6) is 11.5 Å². The third-order valence-corrected chi connectivity index (χ3v) is 4.46. The average molecular weight is 392 g/mol. The highest BCUT2D eigenvalue weighted by Gasteiger charge is 2.10. The van der Waals surface area contributed by atoms with Gasteiger partial charge in [-0.05, 0) is 62.2 Å². The van der Waals surface area contributed by atoms with Gasteiger partial charge < -0.3 is 14.8 Å². The summed E-state index contributed by atoms with van der Waals surface area (Å²) in [5.41, 5.74) is 2.09. The molecule has 2 aromatic rings. The molecule has 0 unspecified atom stereocenters. The van der Waals surface area contributed by atoms with E-state index in [0.717, 1.165) is 21.3 Å². The van der Waals surface area contributed by atoms with Gasteiger partial charge in [0.15, 0.2) is 6.61 Å². The van der Waals surface area contributed by atoms with E-state index in [1.165, 1.54) is 0 Å². The van der Waals surface area contributed by atoms with E-state index in [-0.39, 0.29) is 18.6 Å². The third kappa shape index (κ3) is 5.27. The van der Waals surface area contributed by atoms with Gasteiger partial charge in [-0.15, -0.1) is 0 Å². The lowest BCUT2D eigenvalue weighted by Crippen LogP contribution is -2.31. The van der Waals surface area contributed by atoms with Gasteiger partial charge in [0.2, 0.25) is 0 Å². The van der Waals surface area contributed by atoms with Crippen molar-refractivity contribution in [1.82, 2.24) is 5.32 Å². The molecule has 2 aromatic carbocycles. The van der Waals surface area contributed by atoms with Crippen LogP contribution in [0.4, 0.5) is 0 Å². The van der Waals surface area contributed by atoms with Crippen LogP contribution < -0.4 is 14.8 Å². The summed E-state index contributed by atoms with van der Waals surface area (Å²) in [6.45, 7) is 6.49. The van der Waals surface area contributed by atoms with E-state index in [1.54, 1.807) is 0 Å². The van der Waals surface area contributed by atoms with Gasteiger partial charge in [-0.2, -0.15) is 0 Å². The first-order valence-electron chi connectivity index (χ1n) is 7.90. The van der Waals surface area contributed by atoms with Gasteiger partial charge in [0, 0.05) is 4.47 Å². The molecule has 1 amide bonds. The number of carbonyl (C=O) groups excluding carboxylic acids is 1. The molecular formula is C19H22BrNO3. The van der Waals surface area contributed by atoms with Crippen molar-refractivity contribution in [2.24, 2.45) is 0 Å². The first kappa shape index (κ1) is 18.3. The molecule has 0 saturated carbocycles. The molecule has 0 aromatic heterocycles. The number of nitrogens with one attached hydrogen (secondary N) is 1. The lowest BCUT2D eigenvalue weighted by molar-refractivity contribution is -0.123. The largest absolute Gasteiger partial charge is 0.494 e. The van der Waals surface area contributed by atoms with Crippen LogP contribution in [-0.4, -0.2) is 19.1 Å². The molecule has 0 bridgehead atoms. The third-order valence-electron chi connectivity index (χ3n) is 3.57. The lowest BCUT2D eigenvalue weighted by atomic mass is 10.1. The zero-order chi connectivity index (χ0) is 17.5. The molecule has 1 N–H and O–H groups in total. The van der Waals surface area contributed by atoms with Crippen molar-refractivity contribution < 1.29 is 14.3 Å². The number of amides is 1. The fraction of sp³-hybridized carbons (Fsp3) is 0.316. The standard InChI is InChI=1S/C19H22BrNO3/c1-4-23-16-7-5-15(6-8-16)14(3)21-19(22)12-24-17-9-10-18(20)13(2)11-17/h5-11,14H,4,12H2,1-3H3,(H,21,22)/t14-/m1/s1. The first-order chi connectivity index (χ1) is 11.5. The monoisotopic (exact) mass is 391 g/mol. The molecule has 2 rings (SSSR count). The second-order valence-electron chi connectivity index (χ2n) is 5.49. The Morgan fingerprint density at radius 2 is 1.79 bits per heavy atom.